The molecule has 3 nitrogen and oxygen atoms in total. The molecule has 1 N–H and O–H groups in total. The van der Waals surface area contributed by atoms with Gasteiger partial charge >= 0.3 is 0 Å². The Hall–Kier alpha value is -1.84. The molecule has 1 aliphatic heterocycles. The Balaban J connectivity index is 1.66. The second-order valence-electron chi connectivity index (χ2n) is 5.95. The van der Waals surface area contributed by atoms with E-state index in [0.717, 1.165) is 31.9 Å². The highest BCUT2D eigenvalue weighted by molar-refractivity contribution is 5.30. The van der Waals surface area contributed by atoms with E-state index in [0.29, 0.717) is 6.04 Å². The van der Waals surface area contributed by atoms with Gasteiger partial charge in [-0.05, 0) is 35.7 Å². The largest absolute Gasteiger partial charge is 0.497 e. The minimum Gasteiger partial charge on any atom is -0.497 e. The molecule has 0 amide bonds. The lowest BCUT2D eigenvalue weighted by atomic mass is 9.99. The van der Waals surface area contributed by atoms with Gasteiger partial charge in [-0.1, -0.05) is 36.4 Å². The first-order valence-electron chi connectivity index (χ1n) is 7.90. The first-order valence-corrected chi connectivity index (χ1v) is 7.90. The van der Waals surface area contributed by atoms with E-state index in [1.54, 1.807) is 7.11 Å². The smallest absolute Gasteiger partial charge is 0.118 e. The lowest BCUT2D eigenvalue weighted by Crippen LogP contribution is -2.45. The van der Waals surface area contributed by atoms with Crippen LogP contribution in [-0.2, 0) is 6.54 Å². The number of rotatable bonds is 4. The summed E-state index contributed by atoms with van der Waals surface area (Å²) in [5, 5.41) is 3.65. The quantitative estimate of drug-likeness (QED) is 0.938. The van der Waals surface area contributed by atoms with Crippen molar-refractivity contribution in [3.05, 3.63) is 65.2 Å². The Labute approximate surface area is 132 Å². The molecule has 0 spiro atoms. The third-order valence-corrected chi connectivity index (χ3v) is 4.39. The Morgan fingerprint density at radius 3 is 2.64 bits per heavy atom. The molecule has 22 heavy (non-hydrogen) atoms. The molecular formula is C19H24N2O. The summed E-state index contributed by atoms with van der Waals surface area (Å²) in [5.41, 5.74) is 4.12. The van der Waals surface area contributed by atoms with Crippen molar-refractivity contribution < 1.29 is 4.74 Å². The van der Waals surface area contributed by atoms with Crippen LogP contribution in [0.1, 0.15) is 22.7 Å². The monoisotopic (exact) mass is 296 g/mol. The number of piperazine rings is 1. The zero-order chi connectivity index (χ0) is 15.4. The minimum absolute atomic E-state index is 0.424. The summed E-state index contributed by atoms with van der Waals surface area (Å²) in [6.07, 6.45) is 0. The van der Waals surface area contributed by atoms with Crippen LogP contribution in [-0.4, -0.2) is 31.6 Å². The van der Waals surface area contributed by atoms with Crippen LogP contribution in [0.2, 0.25) is 0 Å². The highest BCUT2D eigenvalue weighted by atomic mass is 16.5. The summed E-state index contributed by atoms with van der Waals surface area (Å²) in [5.74, 6) is 0.918. The minimum atomic E-state index is 0.424. The van der Waals surface area contributed by atoms with Crippen LogP contribution < -0.4 is 10.1 Å². The summed E-state index contributed by atoms with van der Waals surface area (Å²) in [6, 6.07) is 17.5. The SMILES string of the molecule is COc1ccc(CN2CCNC(c3ccccc3C)C2)cc1. The molecule has 116 valence electrons. The number of benzene rings is 2. The fourth-order valence-electron chi connectivity index (χ4n) is 3.13. The van der Waals surface area contributed by atoms with Crippen molar-refractivity contribution in [1.82, 2.24) is 10.2 Å². The van der Waals surface area contributed by atoms with Gasteiger partial charge in [0.25, 0.3) is 0 Å². The molecule has 1 unspecified atom stereocenters. The van der Waals surface area contributed by atoms with Crippen molar-refractivity contribution in [2.45, 2.75) is 19.5 Å². The highest BCUT2D eigenvalue weighted by Gasteiger charge is 2.21. The molecule has 2 aromatic rings. The van der Waals surface area contributed by atoms with Crippen molar-refractivity contribution in [1.29, 1.82) is 0 Å². The fraction of sp³-hybridized carbons (Fsp3) is 0.368. The number of nitrogens with zero attached hydrogens (tertiary/aromatic N) is 1. The van der Waals surface area contributed by atoms with E-state index in [-0.39, 0.29) is 0 Å². The van der Waals surface area contributed by atoms with E-state index in [1.165, 1.54) is 16.7 Å². The van der Waals surface area contributed by atoms with E-state index in [4.69, 9.17) is 4.74 Å². The molecule has 1 fully saturated rings. The maximum absolute atomic E-state index is 5.22. The Morgan fingerprint density at radius 1 is 1.14 bits per heavy atom. The maximum atomic E-state index is 5.22. The Bertz CT molecular complexity index is 609. The van der Waals surface area contributed by atoms with Gasteiger partial charge in [-0.15, -0.1) is 0 Å². The molecule has 0 bridgehead atoms. The van der Waals surface area contributed by atoms with Crippen LogP contribution in [0.15, 0.2) is 48.5 Å². The predicted octanol–water partition coefficient (Wildman–Crippen LogP) is 3.15. The maximum Gasteiger partial charge on any atom is 0.118 e. The Morgan fingerprint density at radius 2 is 1.91 bits per heavy atom. The third-order valence-electron chi connectivity index (χ3n) is 4.39. The van der Waals surface area contributed by atoms with Gasteiger partial charge in [0.15, 0.2) is 0 Å². The lowest BCUT2D eigenvalue weighted by Gasteiger charge is -2.34. The van der Waals surface area contributed by atoms with Crippen LogP contribution in [0, 0.1) is 6.92 Å². The molecule has 0 aromatic heterocycles. The van der Waals surface area contributed by atoms with Gasteiger partial charge in [-0.2, -0.15) is 0 Å². The number of hydrogen-bond acceptors (Lipinski definition) is 3. The van der Waals surface area contributed by atoms with Crippen molar-refractivity contribution in [3.8, 4) is 5.75 Å². The molecule has 1 aliphatic rings. The summed E-state index contributed by atoms with van der Waals surface area (Å²) < 4.78 is 5.22. The fourth-order valence-corrected chi connectivity index (χ4v) is 3.13. The van der Waals surface area contributed by atoms with Gasteiger partial charge in [0.2, 0.25) is 0 Å². The van der Waals surface area contributed by atoms with Crippen LogP contribution in [0.4, 0.5) is 0 Å². The van der Waals surface area contributed by atoms with Crippen molar-refractivity contribution in [2.75, 3.05) is 26.7 Å². The summed E-state index contributed by atoms with van der Waals surface area (Å²) in [7, 11) is 1.71. The van der Waals surface area contributed by atoms with Gasteiger partial charge in [-0.25, -0.2) is 0 Å². The molecule has 3 heteroatoms. The van der Waals surface area contributed by atoms with Gasteiger partial charge < -0.3 is 10.1 Å². The van der Waals surface area contributed by atoms with Crippen LogP contribution in [0.25, 0.3) is 0 Å². The number of hydrogen-bond donors (Lipinski definition) is 1. The second kappa shape index (κ2) is 6.95. The zero-order valence-corrected chi connectivity index (χ0v) is 13.4. The number of nitrogens with one attached hydrogen (secondary N) is 1. The van der Waals surface area contributed by atoms with Gasteiger partial charge in [0.1, 0.15) is 5.75 Å². The predicted molar refractivity (Wildman–Crippen MR) is 90.2 cm³/mol. The molecule has 1 atom stereocenters. The average Bonchev–Trinajstić information content (AvgIpc) is 2.56. The lowest BCUT2D eigenvalue weighted by molar-refractivity contribution is 0.193. The number of aryl methyl sites for hydroxylation is 1. The normalized spacial score (nSPS) is 19.1. The van der Waals surface area contributed by atoms with Crippen molar-refractivity contribution >= 4 is 0 Å². The molecule has 1 heterocycles. The molecule has 3 rings (SSSR count). The van der Waals surface area contributed by atoms with Crippen molar-refractivity contribution in [3.63, 3.8) is 0 Å². The topological polar surface area (TPSA) is 24.5 Å². The van der Waals surface area contributed by atoms with Gasteiger partial charge in [-0.3, -0.25) is 4.90 Å². The molecule has 2 aromatic carbocycles. The van der Waals surface area contributed by atoms with Crippen LogP contribution in [0.5, 0.6) is 5.75 Å². The third kappa shape index (κ3) is 3.49. The van der Waals surface area contributed by atoms with E-state index >= 15 is 0 Å². The number of ether oxygens (including phenoxy) is 1. The van der Waals surface area contributed by atoms with Gasteiger partial charge in [0.05, 0.1) is 7.11 Å². The zero-order valence-electron chi connectivity index (χ0n) is 13.4. The molecule has 0 saturated carbocycles. The van der Waals surface area contributed by atoms with Crippen molar-refractivity contribution in [2.24, 2.45) is 0 Å². The molecule has 0 aliphatic carbocycles. The second-order valence-corrected chi connectivity index (χ2v) is 5.95. The van der Waals surface area contributed by atoms with E-state index < -0.39 is 0 Å². The molecular weight excluding hydrogens is 272 g/mol. The van der Waals surface area contributed by atoms with Crippen LogP contribution >= 0.6 is 0 Å². The highest BCUT2D eigenvalue weighted by Crippen LogP contribution is 2.22. The first-order chi connectivity index (χ1) is 10.8. The number of methoxy groups -OCH3 is 1. The average molecular weight is 296 g/mol. The summed E-state index contributed by atoms with van der Waals surface area (Å²) >= 11 is 0. The Kier molecular flexibility index (Phi) is 4.76. The first kappa shape index (κ1) is 15.1. The summed E-state index contributed by atoms with van der Waals surface area (Å²) in [6.45, 7) is 6.37. The van der Waals surface area contributed by atoms with Gasteiger partial charge in [0, 0.05) is 32.2 Å². The van der Waals surface area contributed by atoms with E-state index in [2.05, 4.69) is 53.5 Å². The van der Waals surface area contributed by atoms with E-state index in [1.807, 2.05) is 12.1 Å². The standard InChI is InChI=1S/C19H24N2O/c1-15-5-3-4-6-18(15)19-14-21(12-11-20-19)13-16-7-9-17(22-2)10-8-16/h3-10,19-20H,11-14H2,1-2H3. The van der Waals surface area contributed by atoms with E-state index in [9.17, 15) is 0 Å². The van der Waals surface area contributed by atoms with Crippen LogP contribution in [0.3, 0.4) is 0 Å². The molecule has 0 radical (unpaired) electrons. The molecule has 1 saturated heterocycles. The summed E-state index contributed by atoms with van der Waals surface area (Å²) in [4.78, 5) is 2.52.